The Labute approximate surface area is 89.1 Å². The summed E-state index contributed by atoms with van der Waals surface area (Å²) in [6, 6.07) is 6.62. The van der Waals surface area contributed by atoms with Crippen molar-refractivity contribution in [2.45, 2.75) is 25.8 Å². The fourth-order valence-electron chi connectivity index (χ4n) is 1.36. The summed E-state index contributed by atoms with van der Waals surface area (Å²) in [7, 11) is 0. The molecule has 1 rings (SSSR count). The molecule has 0 bridgehead atoms. The van der Waals surface area contributed by atoms with Crippen LogP contribution in [0.1, 0.15) is 18.9 Å². The van der Waals surface area contributed by atoms with Crippen LogP contribution in [0.2, 0.25) is 0 Å². The maximum atomic E-state index is 10.5. The molecule has 1 aromatic rings. The standard InChI is InChI=1S/C11H16N2O2/c1-8(13-11(12)15)2-3-9-4-6-10(14)7-5-9/h4-8,14H,2-3H2,1H3,(H3,12,13,15). The van der Waals surface area contributed by atoms with E-state index in [1.807, 2.05) is 19.1 Å². The number of benzene rings is 1. The number of nitrogens with one attached hydrogen (secondary N) is 1. The van der Waals surface area contributed by atoms with Crippen LogP contribution in [0.5, 0.6) is 5.75 Å². The summed E-state index contributed by atoms with van der Waals surface area (Å²) in [5.41, 5.74) is 6.13. The molecule has 0 saturated carbocycles. The van der Waals surface area contributed by atoms with E-state index in [2.05, 4.69) is 5.32 Å². The van der Waals surface area contributed by atoms with Gasteiger partial charge < -0.3 is 16.2 Å². The van der Waals surface area contributed by atoms with Crippen LogP contribution in [0.15, 0.2) is 24.3 Å². The van der Waals surface area contributed by atoms with Crippen molar-refractivity contribution >= 4 is 6.03 Å². The molecule has 0 aromatic heterocycles. The SMILES string of the molecule is CC(CCc1ccc(O)cc1)NC(N)=O. The van der Waals surface area contributed by atoms with Crippen molar-refractivity contribution in [3.8, 4) is 5.75 Å². The van der Waals surface area contributed by atoms with E-state index < -0.39 is 6.03 Å². The zero-order valence-corrected chi connectivity index (χ0v) is 8.73. The number of hydrogen-bond acceptors (Lipinski definition) is 2. The van der Waals surface area contributed by atoms with Gasteiger partial charge in [0.05, 0.1) is 0 Å². The second-order valence-corrected chi connectivity index (χ2v) is 3.61. The van der Waals surface area contributed by atoms with Gasteiger partial charge in [-0.15, -0.1) is 0 Å². The molecule has 2 amide bonds. The number of aromatic hydroxyl groups is 1. The third-order valence-corrected chi connectivity index (χ3v) is 2.19. The summed E-state index contributed by atoms with van der Waals surface area (Å²) in [6.07, 6.45) is 1.68. The van der Waals surface area contributed by atoms with Crippen LogP contribution in [-0.2, 0) is 6.42 Å². The van der Waals surface area contributed by atoms with Crippen molar-refractivity contribution in [2.75, 3.05) is 0 Å². The quantitative estimate of drug-likeness (QED) is 0.699. The number of nitrogens with two attached hydrogens (primary N) is 1. The molecule has 0 heterocycles. The van der Waals surface area contributed by atoms with E-state index in [4.69, 9.17) is 10.8 Å². The monoisotopic (exact) mass is 208 g/mol. The Hall–Kier alpha value is -1.71. The van der Waals surface area contributed by atoms with E-state index in [0.717, 1.165) is 18.4 Å². The molecule has 0 radical (unpaired) electrons. The van der Waals surface area contributed by atoms with Crippen LogP contribution in [0, 0.1) is 0 Å². The van der Waals surface area contributed by atoms with Crippen molar-refractivity contribution < 1.29 is 9.90 Å². The predicted molar refractivity (Wildman–Crippen MR) is 58.6 cm³/mol. The lowest BCUT2D eigenvalue weighted by atomic mass is 10.1. The molecule has 1 aromatic carbocycles. The minimum atomic E-state index is -0.492. The van der Waals surface area contributed by atoms with E-state index in [1.54, 1.807) is 12.1 Å². The number of urea groups is 1. The zero-order chi connectivity index (χ0) is 11.3. The molecule has 0 spiro atoms. The van der Waals surface area contributed by atoms with Gasteiger partial charge in [-0.05, 0) is 37.5 Å². The molecule has 82 valence electrons. The number of carbonyl (C=O) groups excluding carboxylic acids is 1. The van der Waals surface area contributed by atoms with E-state index >= 15 is 0 Å². The van der Waals surface area contributed by atoms with Crippen molar-refractivity contribution in [1.29, 1.82) is 0 Å². The third kappa shape index (κ3) is 4.35. The molecule has 4 nitrogen and oxygen atoms in total. The number of phenolic OH excluding ortho intramolecular Hbond substituents is 1. The molecule has 0 saturated heterocycles. The van der Waals surface area contributed by atoms with Gasteiger partial charge in [-0.1, -0.05) is 12.1 Å². The smallest absolute Gasteiger partial charge is 0.312 e. The minimum Gasteiger partial charge on any atom is -0.508 e. The predicted octanol–water partition coefficient (Wildman–Crippen LogP) is 1.38. The van der Waals surface area contributed by atoms with Crippen molar-refractivity contribution in [1.82, 2.24) is 5.32 Å². The van der Waals surface area contributed by atoms with Gasteiger partial charge in [0.1, 0.15) is 5.75 Å². The summed E-state index contributed by atoms with van der Waals surface area (Å²) in [6.45, 7) is 1.91. The summed E-state index contributed by atoms with van der Waals surface area (Å²) in [5.74, 6) is 0.266. The van der Waals surface area contributed by atoms with Crippen LogP contribution in [0.4, 0.5) is 4.79 Å². The normalized spacial score (nSPS) is 12.1. The molecule has 0 aliphatic rings. The highest BCUT2D eigenvalue weighted by Crippen LogP contribution is 2.11. The van der Waals surface area contributed by atoms with Crippen LogP contribution in [0.3, 0.4) is 0 Å². The number of primary amides is 1. The van der Waals surface area contributed by atoms with Gasteiger partial charge in [0.25, 0.3) is 0 Å². The summed E-state index contributed by atoms with van der Waals surface area (Å²) in [5, 5.41) is 11.7. The summed E-state index contributed by atoms with van der Waals surface area (Å²) >= 11 is 0. The van der Waals surface area contributed by atoms with Crippen LogP contribution in [0.25, 0.3) is 0 Å². The zero-order valence-electron chi connectivity index (χ0n) is 8.73. The number of rotatable bonds is 4. The van der Waals surface area contributed by atoms with Crippen molar-refractivity contribution in [3.05, 3.63) is 29.8 Å². The first-order valence-electron chi connectivity index (χ1n) is 4.92. The molecular weight excluding hydrogens is 192 g/mol. The van der Waals surface area contributed by atoms with Crippen LogP contribution in [-0.4, -0.2) is 17.2 Å². The number of phenols is 1. The molecule has 1 unspecified atom stereocenters. The Bertz CT molecular complexity index is 322. The fourth-order valence-corrected chi connectivity index (χ4v) is 1.36. The van der Waals surface area contributed by atoms with Gasteiger partial charge in [-0.3, -0.25) is 0 Å². The second-order valence-electron chi connectivity index (χ2n) is 3.61. The number of carbonyl (C=O) groups is 1. The molecule has 1 atom stereocenters. The Kier molecular flexibility index (Phi) is 3.97. The highest BCUT2D eigenvalue weighted by molar-refractivity contribution is 5.71. The molecule has 4 heteroatoms. The Morgan fingerprint density at radius 3 is 2.60 bits per heavy atom. The maximum Gasteiger partial charge on any atom is 0.312 e. The number of hydrogen-bond donors (Lipinski definition) is 3. The molecular formula is C11H16N2O2. The Morgan fingerprint density at radius 2 is 2.07 bits per heavy atom. The minimum absolute atomic E-state index is 0.0660. The topological polar surface area (TPSA) is 75.3 Å². The molecule has 0 aliphatic carbocycles. The van der Waals surface area contributed by atoms with Gasteiger partial charge in [-0.2, -0.15) is 0 Å². The largest absolute Gasteiger partial charge is 0.508 e. The van der Waals surface area contributed by atoms with E-state index in [0.29, 0.717) is 0 Å². The second kappa shape index (κ2) is 5.24. The molecule has 0 fully saturated rings. The van der Waals surface area contributed by atoms with E-state index in [1.165, 1.54) is 0 Å². The van der Waals surface area contributed by atoms with Crippen LogP contribution < -0.4 is 11.1 Å². The van der Waals surface area contributed by atoms with Gasteiger partial charge in [0.15, 0.2) is 0 Å². The van der Waals surface area contributed by atoms with E-state index in [-0.39, 0.29) is 11.8 Å². The van der Waals surface area contributed by atoms with Crippen molar-refractivity contribution in [3.63, 3.8) is 0 Å². The number of aryl methyl sites for hydroxylation is 1. The lowest BCUT2D eigenvalue weighted by Gasteiger charge is -2.11. The van der Waals surface area contributed by atoms with Gasteiger partial charge in [-0.25, -0.2) is 4.79 Å². The fraction of sp³-hybridized carbons (Fsp3) is 0.364. The molecule has 0 aliphatic heterocycles. The van der Waals surface area contributed by atoms with E-state index in [9.17, 15) is 4.79 Å². The lowest BCUT2D eigenvalue weighted by molar-refractivity contribution is 0.245. The average molecular weight is 208 g/mol. The first-order chi connectivity index (χ1) is 7.08. The third-order valence-electron chi connectivity index (χ3n) is 2.19. The lowest BCUT2D eigenvalue weighted by Crippen LogP contribution is -2.36. The highest BCUT2D eigenvalue weighted by Gasteiger charge is 2.03. The average Bonchev–Trinajstić information content (AvgIpc) is 2.16. The van der Waals surface area contributed by atoms with Gasteiger partial charge in [0.2, 0.25) is 0 Å². The van der Waals surface area contributed by atoms with Crippen LogP contribution >= 0.6 is 0 Å². The first-order valence-corrected chi connectivity index (χ1v) is 4.92. The van der Waals surface area contributed by atoms with Crippen molar-refractivity contribution in [2.24, 2.45) is 5.73 Å². The summed E-state index contributed by atoms with van der Waals surface area (Å²) < 4.78 is 0. The van der Waals surface area contributed by atoms with Gasteiger partial charge in [0, 0.05) is 6.04 Å². The Balaban J connectivity index is 2.36. The van der Waals surface area contributed by atoms with Gasteiger partial charge >= 0.3 is 6.03 Å². The molecule has 4 N–H and O–H groups in total. The number of amides is 2. The highest BCUT2D eigenvalue weighted by atomic mass is 16.3. The first kappa shape index (κ1) is 11.4. The molecule has 15 heavy (non-hydrogen) atoms. The summed E-state index contributed by atoms with van der Waals surface area (Å²) in [4.78, 5) is 10.5. The maximum absolute atomic E-state index is 10.5. The Morgan fingerprint density at radius 1 is 1.47 bits per heavy atom.